The average Bonchev–Trinajstić information content (AvgIpc) is 3.91. The smallest absolute Gasteiger partial charge is 0.509 e. The van der Waals surface area contributed by atoms with E-state index < -0.39 is 0 Å². The first-order valence-electron chi connectivity index (χ1n) is 19.3. The Bertz CT molecular complexity index is 3430. The molecule has 0 fully saturated rings. The van der Waals surface area contributed by atoms with Gasteiger partial charge in [0.05, 0.1) is 11.9 Å². The van der Waals surface area contributed by atoms with Crippen molar-refractivity contribution in [3.05, 3.63) is 182 Å². The van der Waals surface area contributed by atoms with Crippen LogP contribution < -0.4 is 9.47 Å². The number of para-hydroxylation sites is 2. The van der Waals surface area contributed by atoms with E-state index in [1.807, 2.05) is 109 Å². The van der Waals surface area contributed by atoms with Gasteiger partial charge in [-0.05, 0) is 54.1 Å². The minimum Gasteiger partial charge on any atom is -0.509 e. The van der Waals surface area contributed by atoms with Crippen LogP contribution in [0.2, 0.25) is 0 Å². The summed E-state index contributed by atoms with van der Waals surface area (Å²) in [6.45, 7) is 1.88. The Kier molecular flexibility index (Phi) is 9.98. The molecule has 6 aromatic carbocycles. The van der Waals surface area contributed by atoms with Gasteiger partial charge in [0.2, 0.25) is 0 Å². The molecule has 0 unspecified atom stereocenters. The van der Waals surface area contributed by atoms with Gasteiger partial charge >= 0.3 is 42.1 Å². The molecule has 0 aliphatic carbocycles. The summed E-state index contributed by atoms with van der Waals surface area (Å²) in [6, 6.07) is 58.2. The number of hydrogen-bond donors (Lipinski definition) is 0. The van der Waals surface area contributed by atoms with Crippen molar-refractivity contribution in [2.45, 2.75) is 6.92 Å². The predicted molar refractivity (Wildman–Crippen MR) is 232 cm³/mol. The largest absolute Gasteiger partial charge is 2.00 e. The zero-order chi connectivity index (χ0) is 39.7. The van der Waals surface area contributed by atoms with Crippen LogP contribution >= 0.6 is 0 Å². The molecular weight excluding hydrogens is 1130 g/mol. The van der Waals surface area contributed by atoms with E-state index in [0.29, 0.717) is 45.7 Å². The zero-order valence-corrected chi connectivity index (χ0v) is 37.0. The Balaban J connectivity index is 0.00000229. The van der Waals surface area contributed by atoms with E-state index in [2.05, 4.69) is 90.0 Å². The first-order valence-corrected chi connectivity index (χ1v) is 19.3. The van der Waals surface area contributed by atoms with Gasteiger partial charge in [0.15, 0.2) is 0 Å². The number of pyridine rings is 2. The third-order valence-corrected chi connectivity index (χ3v) is 10.7. The van der Waals surface area contributed by atoms with E-state index in [9.17, 15) is 0 Å². The summed E-state index contributed by atoms with van der Waals surface area (Å²) >= 11 is 0. The maximum atomic E-state index is 6.53. The fraction of sp³-hybridized carbons (Fsp3) is 0.0200. The van der Waals surface area contributed by atoms with Crippen LogP contribution in [0.4, 0.5) is 0 Å². The van der Waals surface area contributed by atoms with Gasteiger partial charge in [-0.15, -0.1) is 64.4 Å². The van der Waals surface area contributed by atoms with Gasteiger partial charge in [-0.2, -0.15) is 40.1 Å². The van der Waals surface area contributed by atoms with E-state index in [4.69, 9.17) is 14.5 Å². The van der Waals surface area contributed by atoms with Crippen molar-refractivity contribution < 1.29 is 51.6 Å². The molecular formula is C50H28N8O2Pt2. The SMILES string of the molecule is Cc1cnnc(-n2c3[c-]c(Oc4[c-]c5c(cc4)c4ccccc4n5-c4ccccn4)ccc3c3ccc(Oc4[c-]c5c(cc4)c4ccccc4n5-c4ccccn4)[c-]c32)n1.[Pt+2].[Pt+2]. The van der Waals surface area contributed by atoms with Crippen LogP contribution in [0.15, 0.2) is 152 Å². The third-order valence-electron chi connectivity index (χ3n) is 10.7. The molecule has 12 rings (SSSR count). The molecule has 0 bridgehead atoms. The van der Waals surface area contributed by atoms with Crippen molar-refractivity contribution in [3.63, 3.8) is 0 Å². The summed E-state index contributed by atoms with van der Waals surface area (Å²) in [5.74, 6) is 4.02. The van der Waals surface area contributed by atoms with Gasteiger partial charge in [0.1, 0.15) is 11.6 Å². The molecule has 12 heteroatoms. The molecule has 10 nitrogen and oxygen atoms in total. The first kappa shape index (κ1) is 39.2. The molecule has 0 saturated carbocycles. The second-order valence-electron chi connectivity index (χ2n) is 14.4. The third kappa shape index (κ3) is 6.46. The van der Waals surface area contributed by atoms with Gasteiger partial charge in [-0.3, -0.25) is 0 Å². The first-order chi connectivity index (χ1) is 29.6. The molecule has 0 N–H and O–H groups in total. The summed E-state index contributed by atoms with van der Waals surface area (Å²) in [4.78, 5) is 14.1. The monoisotopic (exact) mass is 1160 g/mol. The Morgan fingerprint density at radius 1 is 0.435 bits per heavy atom. The number of aromatic nitrogens is 8. The van der Waals surface area contributed by atoms with Crippen LogP contribution in [0.5, 0.6) is 23.0 Å². The molecule has 6 aromatic heterocycles. The Morgan fingerprint density at radius 3 is 1.26 bits per heavy atom. The van der Waals surface area contributed by atoms with Crippen molar-refractivity contribution in [2.75, 3.05) is 0 Å². The van der Waals surface area contributed by atoms with Gasteiger partial charge in [-0.1, -0.05) is 70.6 Å². The van der Waals surface area contributed by atoms with E-state index in [-0.39, 0.29) is 42.1 Å². The second kappa shape index (κ2) is 15.8. The summed E-state index contributed by atoms with van der Waals surface area (Å²) in [5, 5.41) is 14.8. The molecule has 0 amide bonds. The molecule has 0 aliphatic heterocycles. The molecule has 0 aliphatic rings. The maximum absolute atomic E-state index is 6.53. The van der Waals surface area contributed by atoms with Crippen LogP contribution in [0.3, 0.4) is 0 Å². The quantitative estimate of drug-likeness (QED) is 0.147. The summed E-state index contributed by atoms with van der Waals surface area (Å²) in [6.07, 6.45) is 5.21. The zero-order valence-electron chi connectivity index (χ0n) is 32.5. The fourth-order valence-electron chi connectivity index (χ4n) is 8.17. The number of benzene rings is 6. The van der Waals surface area contributed by atoms with Crippen LogP contribution in [-0.4, -0.2) is 38.9 Å². The second-order valence-corrected chi connectivity index (χ2v) is 14.4. The summed E-state index contributed by atoms with van der Waals surface area (Å²) in [7, 11) is 0. The standard InChI is InChI=1S/C50H28N8O2.2Pt/c1-31-30-53-55-50(54-31)58-46-28-34(59-32-16-20-38-36-10-2-4-12-42(36)56(44(38)26-32)48-14-6-8-24-51-48)18-22-40(46)41-23-19-35(29-47(41)58)60-33-17-21-39-37-11-3-5-13-43(37)57(45(39)27-33)49-15-7-9-25-52-49;;/h2-25,30H,1H3;;/q-4;2*+2. The van der Waals surface area contributed by atoms with Gasteiger partial charge in [0, 0.05) is 46.4 Å². The summed E-state index contributed by atoms with van der Waals surface area (Å²) in [5.41, 5.74) is 5.90. The van der Waals surface area contributed by atoms with Crippen LogP contribution in [0.1, 0.15) is 5.69 Å². The topological polar surface area (TPSA) is 97.7 Å². The van der Waals surface area contributed by atoms with Crippen LogP contribution in [-0.2, 0) is 42.1 Å². The number of hydrogen-bond acceptors (Lipinski definition) is 7. The maximum Gasteiger partial charge on any atom is 2.00 e. The number of rotatable bonds is 7. The molecule has 0 spiro atoms. The van der Waals surface area contributed by atoms with Crippen LogP contribution in [0, 0.1) is 31.2 Å². The Hall–Kier alpha value is -6.99. The number of fused-ring (bicyclic) bond motifs is 9. The van der Waals surface area contributed by atoms with Crippen LogP contribution in [0.25, 0.3) is 83.0 Å². The molecule has 0 atom stereocenters. The van der Waals surface area contributed by atoms with Crippen molar-refractivity contribution in [3.8, 4) is 40.6 Å². The molecule has 0 saturated heterocycles. The van der Waals surface area contributed by atoms with Gasteiger partial charge in [0.25, 0.3) is 5.95 Å². The molecule has 12 aromatic rings. The number of aryl methyl sites for hydroxylation is 1. The minimum atomic E-state index is 0. The molecule has 300 valence electrons. The van der Waals surface area contributed by atoms with E-state index >= 15 is 0 Å². The minimum absolute atomic E-state index is 0. The van der Waals surface area contributed by atoms with Crippen molar-refractivity contribution in [1.82, 2.24) is 38.9 Å². The van der Waals surface area contributed by atoms with E-state index in [1.54, 1.807) is 18.6 Å². The molecule has 6 heterocycles. The normalized spacial score (nSPS) is 11.4. The van der Waals surface area contributed by atoms with Gasteiger partial charge in [-0.25, -0.2) is 15.0 Å². The Labute approximate surface area is 382 Å². The fourth-order valence-corrected chi connectivity index (χ4v) is 8.17. The molecule has 0 radical (unpaired) electrons. The van der Waals surface area contributed by atoms with Crippen molar-refractivity contribution in [1.29, 1.82) is 0 Å². The summed E-state index contributed by atoms with van der Waals surface area (Å²) < 4.78 is 19.2. The van der Waals surface area contributed by atoms with Crippen molar-refractivity contribution in [2.24, 2.45) is 0 Å². The number of nitrogens with zero attached hydrogens (tertiary/aromatic N) is 8. The van der Waals surface area contributed by atoms with Gasteiger partial charge < -0.3 is 23.2 Å². The van der Waals surface area contributed by atoms with E-state index in [1.165, 1.54) is 0 Å². The average molecular weight is 1160 g/mol. The predicted octanol–water partition coefficient (Wildman–Crippen LogP) is 11.0. The Morgan fingerprint density at radius 2 is 0.839 bits per heavy atom. The van der Waals surface area contributed by atoms with Crippen molar-refractivity contribution >= 4 is 65.4 Å². The molecule has 62 heavy (non-hydrogen) atoms. The number of ether oxygens (including phenoxy) is 2. The van der Waals surface area contributed by atoms with E-state index in [0.717, 1.165) is 66.0 Å².